The number of nitrogens with zero attached hydrogens (tertiary/aromatic N) is 1. The zero-order valence-electron chi connectivity index (χ0n) is 15.8. The molecule has 0 bridgehead atoms. The Hall–Kier alpha value is -1.77. The van der Waals surface area contributed by atoms with Crippen molar-refractivity contribution in [1.82, 2.24) is 9.62 Å². The Labute approximate surface area is 178 Å². The van der Waals surface area contributed by atoms with E-state index in [4.69, 9.17) is 0 Å². The summed E-state index contributed by atoms with van der Waals surface area (Å²) < 4.78 is 41.7. The van der Waals surface area contributed by atoms with E-state index in [-0.39, 0.29) is 35.3 Å². The highest BCUT2D eigenvalue weighted by Crippen LogP contribution is 2.46. The van der Waals surface area contributed by atoms with Gasteiger partial charge in [0.1, 0.15) is 10.7 Å². The highest BCUT2D eigenvalue weighted by molar-refractivity contribution is 9.10. The fourth-order valence-electron chi connectivity index (χ4n) is 3.87. The molecule has 5 nitrogen and oxygen atoms in total. The van der Waals surface area contributed by atoms with Crippen LogP contribution in [0.2, 0.25) is 0 Å². The molecule has 1 saturated carbocycles. The second kappa shape index (κ2) is 7.81. The average molecular weight is 481 g/mol. The zero-order valence-corrected chi connectivity index (χ0v) is 18.2. The van der Waals surface area contributed by atoms with Crippen molar-refractivity contribution in [3.63, 3.8) is 0 Å². The number of carbonyl (C=O) groups excluding carboxylic acids is 1. The van der Waals surface area contributed by atoms with E-state index in [2.05, 4.69) is 21.2 Å². The lowest BCUT2D eigenvalue weighted by atomic mass is 9.95. The number of carbonyl (C=O) groups is 1. The smallest absolute Gasteiger partial charge is 0.245 e. The van der Waals surface area contributed by atoms with Gasteiger partial charge in [0.2, 0.25) is 15.9 Å². The first-order chi connectivity index (χ1) is 13.8. The summed E-state index contributed by atoms with van der Waals surface area (Å²) in [6, 6.07) is 13.4. The molecule has 8 heteroatoms. The number of nitrogens with one attached hydrogen (secondary N) is 1. The van der Waals surface area contributed by atoms with Crippen LogP contribution >= 0.6 is 15.9 Å². The van der Waals surface area contributed by atoms with Gasteiger partial charge in [-0.3, -0.25) is 4.79 Å². The van der Waals surface area contributed by atoms with Gasteiger partial charge in [-0.25, -0.2) is 12.8 Å². The van der Waals surface area contributed by atoms with Crippen LogP contribution in [0.3, 0.4) is 0 Å². The van der Waals surface area contributed by atoms with Gasteiger partial charge in [0.05, 0.1) is 5.54 Å². The lowest BCUT2D eigenvalue weighted by molar-refractivity contribution is -0.127. The Morgan fingerprint density at radius 3 is 2.28 bits per heavy atom. The number of sulfonamides is 1. The average Bonchev–Trinajstić information content (AvgIpc) is 3.49. The van der Waals surface area contributed by atoms with Crippen LogP contribution < -0.4 is 5.32 Å². The summed E-state index contributed by atoms with van der Waals surface area (Å²) in [5, 5.41) is 3.19. The number of benzene rings is 2. The molecular formula is C21H22BrFN2O3S. The molecule has 1 N–H and O–H groups in total. The Morgan fingerprint density at radius 1 is 1.07 bits per heavy atom. The molecular weight excluding hydrogens is 459 g/mol. The molecule has 0 spiro atoms. The van der Waals surface area contributed by atoms with Gasteiger partial charge in [0.25, 0.3) is 0 Å². The van der Waals surface area contributed by atoms with Gasteiger partial charge in [0, 0.05) is 23.5 Å². The Bertz CT molecular complexity index is 1010. The van der Waals surface area contributed by atoms with Crippen molar-refractivity contribution in [3.8, 4) is 0 Å². The molecule has 1 saturated heterocycles. The van der Waals surface area contributed by atoms with Crippen LogP contribution in [0.25, 0.3) is 0 Å². The monoisotopic (exact) mass is 480 g/mol. The summed E-state index contributed by atoms with van der Waals surface area (Å²) in [5.74, 6) is -1.03. The van der Waals surface area contributed by atoms with Gasteiger partial charge in [-0.15, -0.1) is 0 Å². The minimum absolute atomic E-state index is 0.0339. The third-order valence-electron chi connectivity index (χ3n) is 5.79. The summed E-state index contributed by atoms with van der Waals surface area (Å²) in [6.07, 6.45) is 2.66. The highest BCUT2D eigenvalue weighted by atomic mass is 79.9. The molecule has 0 atom stereocenters. The normalized spacial score (nSPS) is 19.7. The van der Waals surface area contributed by atoms with Crippen LogP contribution in [-0.2, 0) is 20.4 Å². The zero-order chi connectivity index (χ0) is 20.6. The van der Waals surface area contributed by atoms with E-state index in [0.717, 1.165) is 28.9 Å². The summed E-state index contributed by atoms with van der Waals surface area (Å²) in [6.45, 7) is 0.417. The molecule has 2 aliphatic rings. The molecule has 4 rings (SSSR count). The highest BCUT2D eigenvalue weighted by Gasteiger charge is 2.46. The van der Waals surface area contributed by atoms with Crippen molar-refractivity contribution in [2.24, 2.45) is 5.92 Å². The van der Waals surface area contributed by atoms with Crippen molar-refractivity contribution in [1.29, 1.82) is 0 Å². The van der Waals surface area contributed by atoms with Crippen molar-refractivity contribution in [2.75, 3.05) is 13.1 Å². The number of halogens is 2. The summed E-state index contributed by atoms with van der Waals surface area (Å²) >= 11 is 3.42. The maximum atomic E-state index is 14.0. The first-order valence-electron chi connectivity index (χ1n) is 9.65. The van der Waals surface area contributed by atoms with E-state index >= 15 is 0 Å². The third-order valence-corrected chi connectivity index (χ3v) is 8.25. The molecule has 29 heavy (non-hydrogen) atoms. The molecule has 2 aromatic carbocycles. The predicted molar refractivity (Wildman–Crippen MR) is 111 cm³/mol. The van der Waals surface area contributed by atoms with Gasteiger partial charge in [-0.1, -0.05) is 40.2 Å². The van der Waals surface area contributed by atoms with Crippen molar-refractivity contribution < 1.29 is 17.6 Å². The van der Waals surface area contributed by atoms with Crippen LogP contribution in [-0.4, -0.2) is 31.7 Å². The van der Waals surface area contributed by atoms with Gasteiger partial charge in [0.15, 0.2) is 0 Å². The van der Waals surface area contributed by atoms with Crippen molar-refractivity contribution >= 4 is 31.9 Å². The fraction of sp³-hybridized carbons (Fsp3) is 0.381. The Balaban J connectivity index is 1.39. The van der Waals surface area contributed by atoms with E-state index in [0.29, 0.717) is 12.8 Å². The second-order valence-corrected chi connectivity index (χ2v) is 10.5. The van der Waals surface area contributed by atoms with Crippen LogP contribution in [0, 0.1) is 11.7 Å². The lowest BCUT2D eigenvalue weighted by Crippen LogP contribution is -2.45. The number of amides is 1. The van der Waals surface area contributed by atoms with Crippen molar-refractivity contribution in [2.45, 2.75) is 36.1 Å². The molecule has 1 amide bonds. The molecule has 154 valence electrons. The minimum atomic E-state index is -3.89. The molecule has 1 aliphatic carbocycles. The van der Waals surface area contributed by atoms with Crippen LogP contribution in [0.5, 0.6) is 0 Å². The number of rotatable bonds is 5. The van der Waals surface area contributed by atoms with Crippen LogP contribution in [0.1, 0.15) is 31.2 Å². The van der Waals surface area contributed by atoms with Gasteiger partial charge in [-0.05, 0) is 55.5 Å². The molecule has 0 unspecified atom stereocenters. The summed E-state index contributed by atoms with van der Waals surface area (Å²) in [7, 11) is -3.89. The molecule has 1 heterocycles. The summed E-state index contributed by atoms with van der Waals surface area (Å²) in [4.78, 5) is 12.5. The number of hydrogen-bond donors (Lipinski definition) is 1. The lowest BCUT2D eigenvalue weighted by Gasteiger charge is -2.31. The topological polar surface area (TPSA) is 66.5 Å². The molecule has 0 aromatic heterocycles. The van der Waals surface area contributed by atoms with Crippen molar-refractivity contribution in [3.05, 3.63) is 64.4 Å². The fourth-order valence-corrected chi connectivity index (χ4v) is 5.67. The molecule has 2 aromatic rings. The van der Waals surface area contributed by atoms with E-state index in [1.807, 2.05) is 24.3 Å². The summed E-state index contributed by atoms with van der Waals surface area (Å²) in [5.41, 5.74) is 0.794. The van der Waals surface area contributed by atoms with E-state index in [1.54, 1.807) is 0 Å². The molecule has 2 fully saturated rings. The van der Waals surface area contributed by atoms with E-state index in [9.17, 15) is 17.6 Å². The largest absolute Gasteiger partial charge is 0.346 e. The van der Waals surface area contributed by atoms with Crippen LogP contribution in [0.4, 0.5) is 4.39 Å². The van der Waals surface area contributed by atoms with Crippen LogP contribution in [0.15, 0.2) is 57.9 Å². The van der Waals surface area contributed by atoms with Gasteiger partial charge < -0.3 is 5.32 Å². The van der Waals surface area contributed by atoms with Gasteiger partial charge in [-0.2, -0.15) is 4.31 Å². The molecule has 1 aliphatic heterocycles. The minimum Gasteiger partial charge on any atom is -0.346 e. The number of hydrogen-bond acceptors (Lipinski definition) is 3. The Morgan fingerprint density at radius 2 is 1.69 bits per heavy atom. The Kier molecular flexibility index (Phi) is 5.52. The maximum absolute atomic E-state index is 14.0. The molecule has 0 radical (unpaired) electrons. The quantitative estimate of drug-likeness (QED) is 0.707. The standard InChI is InChI=1S/C21H22BrFN2O3S/c22-17-7-5-16(6-8-17)21(11-12-21)24-20(26)15-9-13-25(14-10-15)29(27,28)19-4-2-1-3-18(19)23/h1-8,15H,9-14H2,(H,24,26). The third kappa shape index (κ3) is 4.11. The maximum Gasteiger partial charge on any atom is 0.245 e. The second-order valence-electron chi connectivity index (χ2n) is 7.69. The number of piperidine rings is 1. The first kappa shape index (κ1) is 20.5. The first-order valence-corrected chi connectivity index (χ1v) is 11.9. The van der Waals surface area contributed by atoms with Gasteiger partial charge >= 0.3 is 0 Å². The van der Waals surface area contributed by atoms with E-state index < -0.39 is 15.8 Å². The SMILES string of the molecule is O=C(NC1(c2ccc(Br)cc2)CC1)C1CCN(S(=O)(=O)c2ccccc2F)CC1. The van der Waals surface area contributed by atoms with E-state index in [1.165, 1.54) is 22.5 Å². The predicted octanol–water partition coefficient (Wildman–Crippen LogP) is 3.79.